The molecule has 1 aromatic carbocycles. The van der Waals surface area contributed by atoms with Crippen molar-refractivity contribution in [1.29, 1.82) is 0 Å². The minimum atomic E-state index is -1.08. The molecule has 0 spiro atoms. The quantitative estimate of drug-likeness (QED) is 0.435. The van der Waals surface area contributed by atoms with Gasteiger partial charge in [-0.1, -0.05) is 56.8 Å². The highest BCUT2D eigenvalue weighted by Crippen LogP contribution is 2.09. The van der Waals surface area contributed by atoms with Gasteiger partial charge >= 0.3 is 0 Å². The Labute approximate surface area is 118 Å². The fraction of sp³-hybridized carbons (Fsp3) is 0.467. The lowest BCUT2D eigenvalue weighted by molar-refractivity contribution is -0.111. The van der Waals surface area contributed by atoms with Crippen molar-refractivity contribution in [3.05, 3.63) is 35.9 Å². The van der Waals surface area contributed by atoms with Crippen LogP contribution in [0.5, 0.6) is 0 Å². The summed E-state index contributed by atoms with van der Waals surface area (Å²) >= 11 is 0. The van der Waals surface area contributed by atoms with E-state index in [1.807, 2.05) is 18.2 Å². The summed E-state index contributed by atoms with van der Waals surface area (Å²) in [4.78, 5) is 11.6. The largest absolute Gasteiger partial charge is 0.323 e. The first-order valence-electron chi connectivity index (χ1n) is 6.93. The van der Waals surface area contributed by atoms with E-state index in [4.69, 9.17) is 0 Å². The molecule has 4 heteroatoms. The molecule has 0 N–H and O–H groups in total. The molecule has 1 rings (SSSR count). The number of hydrazone groups is 1. The Bertz CT molecular complexity index is 429. The first-order valence-corrected chi connectivity index (χ1v) is 9.76. The standard InChI is InChI=1S/C15H24N2OSi/c1-5-9-15(13(2)18)16-17(19(3)4)12-14-10-7-6-8-11-14/h6-8,10-11,19H,5,9,12H2,1-4H3. The zero-order valence-corrected chi connectivity index (χ0v) is 13.5. The normalized spacial score (nSPS) is 11.7. The lowest BCUT2D eigenvalue weighted by Gasteiger charge is -2.24. The smallest absolute Gasteiger partial charge is 0.175 e. The summed E-state index contributed by atoms with van der Waals surface area (Å²) in [6, 6.07) is 10.3. The molecule has 0 heterocycles. The number of hydrogen-bond acceptors (Lipinski definition) is 3. The van der Waals surface area contributed by atoms with Crippen molar-refractivity contribution in [3.8, 4) is 0 Å². The Hall–Kier alpha value is -1.42. The highest BCUT2D eigenvalue weighted by molar-refractivity contribution is 6.52. The Morgan fingerprint density at radius 3 is 2.37 bits per heavy atom. The van der Waals surface area contributed by atoms with Crippen LogP contribution in [0.15, 0.2) is 35.4 Å². The predicted molar refractivity (Wildman–Crippen MR) is 83.9 cm³/mol. The van der Waals surface area contributed by atoms with Gasteiger partial charge in [-0.2, -0.15) is 5.10 Å². The second kappa shape index (κ2) is 7.89. The summed E-state index contributed by atoms with van der Waals surface area (Å²) in [6.45, 7) is 8.95. The lowest BCUT2D eigenvalue weighted by Crippen LogP contribution is -2.31. The van der Waals surface area contributed by atoms with E-state index in [9.17, 15) is 4.79 Å². The number of Topliss-reactive ketones (excluding diaryl/α,β-unsaturated/α-hetero) is 1. The molecule has 104 valence electrons. The zero-order chi connectivity index (χ0) is 14.3. The van der Waals surface area contributed by atoms with E-state index in [2.05, 4.69) is 41.9 Å². The minimum Gasteiger partial charge on any atom is -0.323 e. The van der Waals surface area contributed by atoms with Crippen molar-refractivity contribution in [2.75, 3.05) is 0 Å². The maximum absolute atomic E-state index is 11.6. The molecule has 19 heavy (non-hydrogen) atoms. The molecule has 0 amide bonds. The van der Waals surface area contributed by atoms with Gasteiger partial charge in [0, 0.05) is 6.92 Å². The number of hydrogen-bond donors (Lipinski definition) is 0. The van der Waals surface area contributed by atoms with Gasteiger partial charge in [-0.25, -0.2) is 0 Å². The maximum Gasteiger partial charge on any atom is 0.175 e. The van der Waals surface area contributed by atoms with E-state index in [1.165, 1.54) is 5.56 Å². The van der Waals surface area contributed by atoms with Crippen molar-refractivity contribution in [3.63, 3.8) is 0 Å². The van der Waals surface area contributed by atoms with Crippen LogP contribution in [0, 0.1) is 0 Å². The molecule has 0 saturated carbocycles. The third-order valence-corrected chi connectivity index (χ3v) is 4.42. The van der Waals surface area contributed by atoms with Crippen LogP contribution in [0.3, 0.4) is 0 Å². The van der Waals surface area contributed by atoms with Crippen molar-refractivity contribution >= 4 is 20.5 Å². The SMILES string of the molecule is CCCC(=NN(Cc1ccccc1)[SiH](C)C)C(C)=O. The molecule has 0 bridgehead atoms. The first-order chi connectivity index (χ1) is 9.04. The monoisotopic (exact) mass is 276 g/mol. The van der Waals surface area contributed by atoms with E-state index in [0.29, 0.717) is 5.71 Å². The van der Waals surface area contributed by atoms with Crippen LogP contribution in [0.2, 0.25) is 13.1 Å². The molecule has 0 unspecified atom stereocenters. The molecular weight excluding hydrogens is 252 g/mol. The number of ketones is 1. The Kier molecular flexibility index (Phi) is 6.49. The van der Waals surface area contributed by atoms with Gasteiger partial charge in [0.2, 0.25) is 0 Å². The van der Waals surface area contributed by atoms with Gasteiger partial charge in [0.05, 0.1) is 6.54 Å². The van der Waals surface area contributed by atoms with Gasteiger partial charge in [0.25, 0.3) is 0 Å². The van der Waals surface area contributed by atoms with Crippen molar-refractivity contribution in [1.82, 2.24) is 4.67 Å². The van der Waals surface area contributed by atoms with E-state index < -0.39 is 8.96 Å². The van der Waals surface area contributed by atoms with Gasteiger partial charge in [0.15, 0.2) is 14.7 Å². The predicted octanol–water partition coefficient (Wildman–Crippen LogP) is 3.22. The van der Waals surface area contributed by atoms with E-state index >= 15 is 0 Å². The summed E-state index contributed by atoms with van der Waals surface area (Å²) in [7, 11) is -1.08. The van der Waals surface area contributed by atoms with Crippen LogP contribution >= 0.6 is 0 Å². The number of carbonyl (C=O) groups excluding carboxylic acids is 1. The van der Waals surface area contributed by atoms with Crippen LogP contribution in [0.1, 0.15) is 32.3 Å². The van der Waals surface area contributed by atoms with Crippen LogP contribution in [0.25, 0.3) is 0 Å². The molecule has 0 aliphatic heterocycles. The zero-order valence-electron chi connectivity index (χ0n) is 12.4. The third-order valence-electron chi connectivity index (χ3n) is 2.93. The first kappa shape index (κ1) is 15.6. The molecule has 0 atom stereocenters. The van der Waals surface area contributed by atoms with Crippen LogP contribution in [-0.4, -0.2) is 25.1 Å². The summed E-state index contributed by atoms with van der Waals surface area (Å²) in [5, 5.41) is 4.62. The summed E-state index contributed by atoms with van der Waals surface area (Å²) in [5.41, 5.74) is 1.95. The van der Waals surface area contributed by atoms with Gasteiger partial charge in [-0.05, 0) is 12.0 Å². The van der Waals surface area contributed by atoms with Gasteiger partial charge in [-0.15, -0.1) is 0 Å². The highest BCUT2D eigenvalue weighted by atomic mass is 28.3. The molecule has 0 saturated heterocycles. The minimum absolute atomic E-state index is 0.0922. The average molecular weight is 276 g/mol. The van der Waals surface area contributed by atoms with Crippen LogP contribution in [0.4, 0.5) is 0 Å². The van der Waals surface area contributed by atoms with E-state index in [1.54, 1.807) is 6.92 Å². The molecule has 3 nitrogen and oxygen atoms in total. The number of benzene rings is 1. The van der Waals surface area contributed by atoms with Gasteiger partial charge in [-0.3, -0.25) is 4.79 Å². The van der Waals surface area contributed by atoms with E-state index in [-0.39, 0.29) is 5.78 Å². The Balaban J connectivity index is 2.88. The number of rotatable bonds is 7. The van der Waals surface area contributed by atoms with Crippen LogP contribution in [-0.2, 0) is 11.3 Å². The summed E-state index contributed by atoms with van der Waals surface area (Å²) in [6.07, 6.45) is 1.72. The molecule has 0 radical (unpaired) electrons. The second-order valence-electron chi connectivity index (χ2n) is 5.03. The molecule has 0 fully saturated rings. The van der Waals surface area contributed by atoms with Crippen molar-refractivity contribution < 1.29 is 4.79 Å². The fourth-order valence-electron chi connectivity index (χ4n) is 1.79. The molecule has 0 aliphatic rings. The van der Waals surface area contributed by atoms with Gasteiger partial charge < -0.3 is 4.67 Å². The van der Waals surface area contributed by atoms with Crippen molar-refractivity contribution in [2.24, 2.45) is 5.10 Å². The lowest BCUT2D eigenvalue weighted by atomic mass is 10.2. The number of carbonyl (C=O) groups is 1. The van der Waals surface area contributed by atoms with Crippen molar-refractivity contribution in [2.45, 2.75) is 46.3 Å². The fourth-order valence-corrected chi connectivity index (χ4v) is 2.74. The topological polar surface area (TPSA) is 32.7 Å². The second-order valence-corrected chi connectivity index (χ2v) is 7.81. The summed E-state index contributed by atoms with van der Waals surface area (Å²) < 4.78 is 2.13. The highest BCUT2D eigenvalue weighted by Gasteiger charge is 2.12. The average Bonchev–Trinajstić information content (AvgIpc) is 2.38. The maximum atomic E-state index is 11.6. The van der Waals surface area contributed by atoms with Gasteiger partial charge in [0.1, 0.15) is 5.71 Å². The Morgan fingerprint density at radius 1 is 1.26 bits per heavy atom. The third kappa shape index (κ3) is 5.38. The number of nitrogens with zero attached hydrogens (tertiary/aromatic N) is 2. The van der Waals surface area contributed by atoms with Crippen LogP contribution < -0.4 is 0 Å². The molecular formula is C15H24N2OSi. The molecule has 0 aliphatic carbocycles. The molecule has 1 aromatic rings. The van der Waals surface area contributed by atoms with E-state index in [0.717, 1.165) is 19.4 Å². The summed E-state index contributed by atoms with van der Waals surface area (Å²) in [5.74, 6) is 0.0922. The molecule has 0 aromatic heterocycles. The Morgan fingerprint density at radius 2 is 1.89 bits per heavy atom.